The summed E-state index contributed by atoms with van der Waals surface area (Å²) in [6, 6.07) is 7.54. The number of ketones is 1. The number of likely N-dealkylation sites (tertiary alicyclic amines) is 1. The Morgan fingerprint density at radius 2 is 1.81 bits per heavy atom. The molecule has 2 rings (SSSR count). The van der Waals surface area contributed by atoms with Gasteiger partial charge in [0.25, 0.3) is 0 Å². The van der Waals surface area contributed by atoms with E-state index in [0.717, 1.165) is 30.9 Å². The molecule has 0 saturated carbocycles. The minimum absolute atomic E-state index is 0. The molecule has 1 heterocycles. The highest BCUT2D eigenvalue weighted by Crippen LogP contribution is 2.15. The van der Waals surface area contributed by atoms with Gasteiger partial charge < -0.3 is 9.64 Å². The third kappa shape index (κ3) is 6.06. The van der Waals surface area contributed by atoms with Crippen molar-refractivity contribution in [2.75, 3.05) is 26.2 Å². The molecule has 0 spiro atoms. The van der Waals surface area contributed by atoms with E-state index >= 15 is 0 Å². The highest BCUT2D eigenvalue weighted by atomic mass is 35.5. The Balaban J connectivity index is 0.00000220. The van der Waals surface area contributed by atoms with Crippen LogP contribution in [0.3, 0.4) is 0 Å². The van der Waals surface area contributed by atoms with E-state index in [9.17, 15) is 4.79 Å². The van der Waals surface area contributed by atoms with E-state index in [1.807, 2.05) is 24.3 Å². The maximum absolute atomic E-state index is 12.1. The monoisotopic (exact) mass is 311 g/mol. The molecule has 0 bridgehead atoms. The largest absolute Gasteiger partial charge is 0.493 e. The van der Waals surface area contributed by atoms with E-state index in [-0.39, 0.29) is 18.2 Å². The fourth-order valence-electron chi connectivity index (χ4n) is 2.41. The van der Waals surface area contributed by atoms with E-state index in [2.05, 4.69) is 18.7 Å². The highest BCUT2D eigenvalue weighted by Gasteiger charge is 2.13. The van der Waals surface area contributed by atoms with Crippen LogP contribution in [0, 0.1) is 5.92 Å². The number of hydrogen-bond donors (Lipinski definition) is 0. The molecule has 1 aliphatic heterocycles. The lowest BCUT2D eigenvalue weighted by molar-refractivity contribution is 0.0969. The van der Waals surface area contributed by atoms with Crippen molar-refractivity contribution in [2.45, 2.75) is 33.1 Å². The molecule has 0 radical (unpaired) electrons. The summed E-state index contributed by atoms with van der Waals surface area (Å²) < 4.78 is 5.62. The van der Waals surface area contributed by atoms with E-state index < -0.39 is 0 Å². The van der Waals surface area contributed by atoms with E-state index in [0.29, 0.717) is 18.9 Å². The number of Topliss-reactive ketones (excluding diaryl/α,β-unsaturated/α-hetero) is 1. The average molecular weight is 312 g/mol. The normalized spacial score (nSPS) is 15.0. The summed E-state index contributed by atoms with van der Waals surface area (Å²) in [6.07, 6.45) is 3.17. The Hall–Kier alpha value is -1.06. The molecule has 0 N–H and O–H groups in total. The van der Waals surface area contributed by atoms with Gasteiger partial charge in [0.05, 0.1) is 6.61 Å². The zero-order valence-corrected chi connectivity index (χ0v) is 13.8. The fourth-order valence-corrected chi connectivity index (χ4v) is 2.41. The quantitative estimate of drug-likeness (QED) is 0.717. The molecule has 0 aromatic heterocycles. The Morgan fingerprint density at radius 1 is 1.19 bits per heavy atom. The average Bonchev–Trinajstić information content (AvgIpc) is 2.96. The lowest BCUT2D eigenvalue weighted by Crippen LogP contribution is -2.22. The molecule has 0 unspecified atom stereocenters. The Labute approximate surface area is 134 Å². The molecule has 1 aromatic carbocycles. The van der Waals surface area contributed by atoms with Crippen LogP contribution < -0.4 is 4.74 Å². The van der Waals surface area contributed by atoms with Gasteiger partial charge in [0.1, 0.15) is 5.75 Å². The molecule has 1 saturated heterocycles. The number of carbonyl (C=O) groups excluding carboxylic acids is 1. The second-order valence-corrected chi connectivity index (χ2v) is 5.95. The summed E-state index contributed by atoms with van der Waals surface area (Å²) in [7, 11) is 0. The second-order valence-electron chi connectivity index (χ2n) is 5.95. The number of nitrogens with zero attached hydrogens (tertiary/aromatic N) is 1. The Bertz CT molecular complexity index is 425. The first-order chi connectivity index (χ1) is 9.65. The lowest BCUT2D eigenvalue weighted by atomic mass is 10.1. The first kappa shape index (κ1) is 18.0. The van der Waals surface area contributed by atoms with Crippen molar-refractivity contribution < 1.29 is 9.53 Å². The van der Waals surface area contributed by atoms with Crippen LogP contribution in [0.25, 0.3) is 0 Å². The number of rotatable bonds is 7. The number of benzene rings is 1. The van der Waals surface area contributed by atoms with Crippen molar-refractivity contribution in [2.24, 2.45) is 5.92 Å². The summed E-state index contributed by atoms with van der Waals surface area (Å²) >= 11 is 0. The van der Waals surface area contributed by atoms with Crippen molar-refractivity contribution in [1.29, 1.82) is 0 Å². The second kappa shape index (κ2) is 9.06. The Kier molecular flexibility index (Phi) is 7.76. The van der Waals surface area contributed by atoms with Crippen molar-refractivity contribution in [1.82, 2.24) is 4.90 Å². The first-order valence-corrected chi connectivity index (χ1v) is 7.63. The first-order valence-electron chi connectivity index (χ1n) is 7.63. The minimum atomic E-state index is 0. The predicted molar refractivity (Wildman–Crippen MR) is 88.6 cm³/mol. The number of carbonyl (C=O) groups is 1. The molecular formula is C17H26ClNO2. The molecule has 1 aliphatic rings. The van der Waals surface area contributed by atoms with Gasteiger partial charge >= 0.3 is 0 Å². The summed E-state index contributed by atoms with van der Waals surface area (Å²) in [5, 5.41) is 0. The minimum Gasteiger partial charge on any atom is -0.493 e. The maximum atomic E-state index is 12.1. The molecule has 3 nitrogen and oxygen atoms in total. The van der Waals surface area contributed by atoms with Crippen LogP contribution in [-0.4, -0.2) is 36.9 Å². The molecular weight excluding hydrogens is 286 g/mol. The summed E-state index contributed by atoms with van der Waals surface area (Å²) in [6.45, 7) is 8.14. The predicted octanol–water partition coefficient (Wildman–Crippen LogP) is 3.81. The third-order valence-electron chi connectivity index (χ3n) is 3.61. The molecule has 1 aromatic rings. The van der Waals surface area contributed by atoms with E-state index in [1.54, 1.807) is 0 Å². The van der Waals surface area contributed by atoms with Gasteiger partial charge in [-0.05, 0) is 56.1 Å². The van der Waals surface area contributed by atoms with Gasteiger partial charge in [-0.2, -0.15) is 0 Å². The number of ether oxygens (including phenoxy) is 1. The third-order valence-corrected chi connectivity index (χ3v) is 3.61. The molecule has 0 aliphatic carbocycles. The van der Waals surface area contributed by atoms with Crippen LogP contribution in [0.15, 0.2) is 24.3 Å². The zero-order valence-electron chi connectivity index (χ0n) is 13.0. The zero-order chi connectivity index (χ0) is 14.4. The summed E-state index contributed by atoms with van der Waals surface area (Å²) in [5.74, 6) is 1.58. The lowest BCUT2D eigenvalue weighted by Gasteiger charge is -2.13. The standard InChI is InChI=1S/C17H25NO2.ClH/c1-14(2)13-20-16-7-5-15(6-8-16)17(19)9-12-18-10-3-4-11-18;/h5-8,14H,3-4,9-13H2,1-2H3;1H. The molecule has 4 heteroatoms. The highest BCUT2D eigenvalue weighted by molar-refractivity contribution is 5.96. The van der Waals surface area contributed by atoms with Gasteiger partial charge in [0, 0.05) is 18.5 Å². The molecule has 1 fully saturated rings. The smallest absolute Gasteiger partial charge is 0.164 e. The van der Waals surface area contributed by atoms with Crippen LogP contribution in [0.4, 0.5) is 0 Å². The van der Waals surface area contributed by atoms with Crippen LogP contribution in [-0.2, 0) is 0 Å². The fraction of sp³-hybridized carbons (Fsp3) is 0.588. The van der Waals surface area contributed by atoms with Gasteiger partial charge in [-0.15, -0.1) is 12.4 Å². The number of halogens is 1. The topological polar surface area (TPSA) is 29.5 Å². The van der Waals surface area contributed by atoms with Crippen molar-refractivity contribution in [3.05, 3.63) is 29.8 Å². The molecule has 0 atom stereocenters. The maximum Gasteiger partial charge on any atom is 0.164 e. The SMILES string of the molecule is CC(C)COc1ccc(C(=O)CCN2CCCC2)cc1.Cl. The molecule has 118 valence electrons. The van der Waals surface area contributed by atoms with Crippen LogP contribution in [0.2, 0.25) is 0 Å². The van der Waals surface area contributed by atoms with Crippen molar-refractivity contribution in [3.63, 3.8) is 0 Å². The van der Waals surface area contributed by atoms with Gasteiger partial charge in [0.2, 0.25) is 0 Å². The van der Waals surface area contributed by atoms with E-state index in [1.165, 1.54) is 12.8 Å². The Morgan fingerprint density at radius 3 is 2.38 bits per heavy atom. The van der Waals surface area contributed by atoms with Gasteiger partial charge in [-0.3, -0.25) is 4.79 Å². The van der Waals surface area contributed by atoms with Crippen LogP contribution >= 0.6 is 12.4 Å². The summed E-state index contributed by atoms with van der Waals surface area (Å²) in [4.78, 5) is 14.5. The van der Waals surface area contributed by atoms with Gasteiger partial charge in [-0.25, -0.2) is 0 Å². The van der Waals surface area contributed by atoms with Gasteiger partial charge in [-0.1, -0.05) is 13.8 Å². The van der Waals surface area contributed by atoms with Crippen molar-refractivity contribution >= 4 is 18.2 Å². The van der Waals surface area contributed by atoms with Crippen LogP contribution in [0.5, 0.6) is 5.75 Å². The number of hydrogen-bond acceptors (Lipinski definition) is 3. The van der Waals surface area contributed by atoms with Crippen LogP contribution in [0.1, 0.15) is 43.5 Å². The van der Waals surface area contributed by atoms with Crippen molar-refractivity contribution in [3.8, 4) is 5.75 Å². The van der Waals surface area contributed by atoms with Gasteiger partial charge in [0.15, 0.2) is 5.78 Å². The summed E-state index contributed by atoms with van der Waals surface area (Å²) in [5.41, 5.74) is 0.793. The molecule has 21 heavy (non-hydrogen) atoms. The molecule has 0 amide bonds. The van der Waals surface area contributed by atoms with E-state index in [4.69, 9.17) is 4.74 Å².